The second-order valence-electron chi connectivity index (χ2n) is 6.46. The number of nitrogens with one attached hydrogen (secondary N) is 1. The van der Waals surface area contributed by atoms with Gasteiger partial charge >= 0.3 is 0 Å². The van der Waals surface area contributed by atoms with Gasteiger partial charge in [-0.1, -0.05) is 24.6 Å². The maximum Gasteiger partial charge on any atom is 0.0288 e. The van der Waals surface area contributed by atoms with Crippen molar-refractivity contribution in [1.82, 2.24) is 5.32 Å². The highest BCUT2D eigenvalue weighted by atomic mass is 32.2. The van der Waals surface area contributed by atoms with Crippen molar-refractivity contribution in [2.75, 3.05) is 12.3 Å². The minimum atomic E-state index is 0.403. The summed E-state index contributed by atoms with van der Waals surface area (Å²) in [4.78, 5) is 0. The van der Waals surface area contributed by atoms with Gasteiger partial charge in [-0.05, 0) is 75.9 Å². The van der Waals surface area contributed by atoms with Crippen LogP contribution in [0.15, 0.2) is 12.1 Å². The first kappa shape index (κ1) is 15.9. The molecule has 0 bridgehead atoms. The molecule has 2 heteroatoms. The number of hydrogen-bond acceptors (Lipinski definition) is 2. The summed E-state index contributed by atoms with van der Waals surface area (Å²) >= 11 is 2.16. The Morgan fingerprint density at radius 1 is 1.25 bits per heavy atom. The van der Waals surface area contributed by atoms with Gasteiger partial charge in [0.15, 0.2) is 0 Å². The largest absolute Gasteiger partial charge is 0.313 e. The number of rotatable bonds is 5. The summed E-state index contributed by atoms with van der Waals surface area (Å²) in [6.07, 6.45) is 3.88. The Morgan fingerprint density at radius 3 is 2.40 bits per heavy atom. The zero-order valence-electron chi connectivity index (χ0n) is 13.7. The van der Waals surface area contributed by atoms with Crippen LogP contribution in [0, 0.1) is 20.8 Å². The first-order chi connectivity index (χ1) is 9.46. The number of aryl methyl sites for hydroxylation is 3. The molecule has 1 fully saturated rings. The van der Waals surface area contributed by atoms with Crippen LogP contribution in [0.2, 0.25) is 0 Å². The van der Waals surface area contributed by atoms with Gasteiger partial charge in [-0.2, -0.15) is 11.8 Å². The van der Waals surface area contributed by atoms with Crippen LogP contribution in [0.3, 0.4) is 0 Å². The van der Waals surface area contributed by atoms with Crippen molar-refractivity contribution in [2.24, 2.45) is 0 Å². The minimum absolute atomic E-state index is 0.403. The van der Waals surface area contributed by atoms with E-state index in [1.54, 1.807) is 5.56 Å². The van der Waals surface area contributed by atoms with E-state index in [0.29, 0.717) is 10.8 Å². The van der Waals surface area contributed by atoms with Gasteiger partial charge in [0.25, 0.3) is 0 Å². The average Bonchev–Trinajstić information content (AvgIpc) is 2.80. The molecule has 2 unspecified atom stereocenters. The summed E-state index contributed by atoms with van der Waals surface area (Å²) < 4.78 is 0.403. The summed E-state index contributed by atoms with van der Waals surface area (Å²) in [6, 6.07) is 5.24. The molecule has 0 aliphatic carbocycles. The molecular formula is C18H29NS. The molecule has 1 heterocycles. The number of likely N-dealkylation sites (N-methyl/N-ethyl adjacent to an activating group) is 1. The Balaban J connectivity index is 2.24. The minimum Gasteiger partial charge on any atom is -0.313 e. The smallest absolute Gasteiger partial charge is 0.0288 e. The number of hydrogen-bond donors (Lipinski definition) is 1. The van der Waals surface area contributed by atoms with Crippen LogP contribution in [-0.2, 0) is 6.42 Å². The Hall–Kier alpha value is -0.470. The van der Waals surface area contributed by atoms with Gasteiger partial charge in [0.1, 0.15) is 0 Å². The van der Waals surface area contributed by atoms with Crippen LogP contribution in [0.5, 0.6) is 0 Å². The van der Waals surface area contributed by atoms with E-state index in [0.717, 1.165) is 13.0 Å². The van der Waals surface area contributed by atoms with Crippen molar-refractivity contribution in [3.63, 3.8) is 0 Å². The molecule has 1 aromatic carbocycles. The van der Waals surface area contributed by atoms with Crippen LogP contribution in [0.25, 0.3) is 0 Å². The van der Waals surface area contributed by atoms with Gasteiger partial charge in [0.2, 0.25) is 0 Å². The molecule has 0 saturated carbocycles. The van der Waals surface area contributed by atoms with Crippen LogP contribution in [0.4, 0.5) is 0 Å². The normalized spacial score (nSPS) is 24.1. The molecule has 1 aliphatic heterocycles. The van der Waals surface area contributed by atoms with E-state index < -0.39 is 0 Å². The predicted octanol–water partition coefficient (Wildman–Crippen LogP) is 4.42. The molecule has 0 radical (unpaired) electrons. The standard InChI is InChI=1S/C18H29NS/c1-6-19-17(18(5)8-7-9-20-18)12-16-14(3)10-13(2)11-15(16)4/h10-11,17,19H,6-9,12H2,1-5H3. The number of benzene rings is 1. The fourth-order valence-electron chi connectivity index (χ4n) is 3.56. The topological polar surface area (TPSA) is 12.0 Å². The Labute approximate surface area is 128 Å². The molecular weight excluding hydrogens is 262 g/mol. The monoisotopic (exact) mass is 291 g/mol. The lowest BCUT2D eigenvalue weighted by Crippen LogP contribution is -2.47. The fraction of sp³-hybridized carbons (Fsp3) is 0.667. The zero-order valence-corrected chi connectivity index (χ0v) is 14.5. The van der Waals surface area contributed by atoms with E-state index >= 15 is 0 Å². The van der Waals surface area contributed by atoms with Gasteiger partial charge in [-0.3, -0.25) is 0 Å². The third-order valence-electron chi connectivity index (χ3n) is 4.69. The van der Waals surface area contributed by atoms with Crippen molar-refractivity contribution in [3.8, 4) is 0 Å². The molecule has 1 N–H and O–H groups in total. The first-order valence-electron chi connectivity index (χ1n) is 7.90. The lowest BCUT2D eigenvalue weighted by Gasteiger charge is -2.35. The second kappa shape index (κ2) is 6.53. The highest BCUT2D eigenvalue weighted by Crippen LogP contribution is 2.41. The van der Waals surface area contributed by atoms with Crippen molar-refractivity contribution >= 4 is 11.8 Å². The molecule has 1 nitrogen and oxygen atoms in total. The molecule has 0 spiro atoms. The number of thioether (sulfide) groups is 1. The molecule has 112 valence electrons. The average molecular weight is 292 g/mol. The fourth-order valence-corrected chi connectivity index (χ4v) is 4.97. The maximum atomic E-state index is 3.76. The third-order valence-corrected chi connectivity index (χ3v) is 6.33. The van der Waals surface area contributed by atoms with E-state index in [1.807, 2.05) is 0 Å². The van der Waals surface area contributed by atoms with E-state index in [9.17, 15) is 0 Å². The van der Waals surface area contributed by atoms with E-state index in [4.69, 9.17) is 0 Å². The van der Waals surface area contributed by atoms with Crippen LogP contribution >= 0.6 is 11.8 Å². The van der Waals surface area contributed by atoms with Gasteiger partial charge in [0.05, 0.1) is 0 Å². The molecule has 20 heavy (non-hydrogen) atoms. The Bertz CT molecular complexity index is 437. The Kier molecular flexibility index (Phi) is 5.19. The van der Waals surface area contributed by atoms with Crippen molar-refractivity contribution in [2.45, 2.75) is 64.7 Å². The molecule has 0 aromatic heterocycles. The molecule has 2 rings (SSSR count). The van der Waals surface area contributed by atoms with Gasteiger partial charge in [-0.15, -0.1) is 0 Å². The molecule has 0 amide bonds. The third kappa shape index (κ3) is 3.40. The van der Waals surface area contributed by atoms with Crippen LogP contribution < -0.4 is 5.32 Å². The quantitative estimate of drug-likeness (QED) is 0.862. The van der Waals surface area contributed by atoms with Gasteiger partial charge in [-0.25, -0.2) is 0 Å². The van der Waals surface area contributed by atoms with Crippen molar-refractivity contribution in [3.05, 3.63) is 34.4 Å². The van der Waals surface area contributed by atoms with E-state index in [1.165, 1.54) is 35.3 Å². The van der Waals surface area contributed by atoms with Gasteiger partial charge in [0, 0.05) is 10.8 Å². The molecule has 1 aromatic rings. The zero-order chi connectivity index (χ0) is 14.8. The molecule has 1 saturated heterocycles. The lowest BCUT2D eigenvalue weighted by atomic mass is 9.87. The second-order valence-corrected chi connectivity index (χ2v) is 8.09. The van der Waals surface area contributed by atoms with E-state index in [-0.39, 0.29) is 0 Å². The summed E-state index contributed by atoms with van der Waals surface area (Å²) in [5.74, 6) is 1.32. The highest BCUT2D eigenvalue weighted by Gasteiger charge is 2.37. The van der Waals surface area contributed by atoms with Crippen molar-refractivity contribution in [1.29, 1.82) is 0 Å². The van der Waals surface area contributed by atoms with Crippen LogP contribution in [0.1, 0.15) is 48.9 Å². The first-order valence-corrected chi connectivity index (χ1v) is 8.89. The maximum absolute atomic E-state index is 3.76. The summed E-state index contributed by atoms with van der Waals surface area (Å²) in [5.41, 5.74) is 5.84. The van der Waals surface area contributed by atoms with Crippen LogP contribution in [-0.4, -0.2) is 23.1 Å². The van der Waals surface area contributed by atoms with E-state index in [2.05, 4.69) is 63.8 Å². The summed E-state index contributed by atoms with van der Waals surface area (Å²) in [7, 11) is 0. The SMILES string of the molecule is CCNC(Cc1c(C)cc(C)cc1C)C1(C)CCCS1. The lowest BCUT2D eigenvalue weighted by molar-refractivity contribution is 0.405. The molecule has 1 aliphatic rings. The van der Waals surface area contributed by atoms with Crippen molar-refractivity contribution < 1.29 is 0 Å². The highest BCUT2D eigenvalue weighted by molar-refractivity contribution is 8.00. The summed E-state index contributed by atoms with van der Waals surface area (Å²) in [5, 5.41) is 3.76. The van der Waals surface area contributed by atoms with Gasteiger partial charge < -0.3 is 5.32 Å². The molecule has 2 atom stereocenters. The Morgan fingerprint density at radius 2 is 1.90 bits per heavy atom. The predicted molar refractivity (Wildman–Crippen MR) is 91.9 cm³/mol. The summed E-state index contributed by atoms with van der Waals surface area (Å²) in [6.45, 7) is 12.5.